The maximum absolute atomic E-state index is 13.7. The second-order valence-electron chi connectivity index (χ2n) is 5.02. The zero-order valence-corrected chi connectivity index (χ0v) is 13.5. The number of rotatable bonds is 4. The van der Waals surface area contributed by atoms with Crippen molar-refractivity contribution >= 4 is 38.3 Å². The molecule has 0 aliphatic heterocycles. The molecule has 0 amide bonds. The first kappa shape index (κ1) is 14.6. The van der Waals surface area contributed by atoms with Crippen LogP contribution >= 0.6 is 23.1 Å². The molecule has 23 heavy (non-hydrogen) atoms. The van der Waals surface area contributed by atoms with Crippen LogP contribution in [0.4, 0.5) is 4.39 Å². The molecule has 0 spiro atoms. The number of hydrogen-bond donors (Lipinski definition) is 1. The van der Waals surface area contributed by atoms with Gasteiger partial charge in [0.2, 0.25) is 4.96 Å². The van der Waals surface area contributed by atoms with Gasteiger partial charge < -0.3 is 5.11 Å². The normalized spacial score (nSPS) is 13.0. The highest BCUT2D eigenvalue weighted by atomic mass is 32.2. The molecular formula is C16H12FN3OS2. The van der Waals surface area contributed by atoms with Gasteiger partial charge in [-0.2, -0.15) is 0 Å². The van der Waals surface area contributed by atoms with Gasteiger partial charge >= 0.3 is 0 Å². The highest BCUT2D eigenvalue weighted by Crippen LogP contribution is 2.31. The summed E-state index contributed by atoms with van der Waals surface area (Å²) < 4.78 is 16.8. The Bertz CT molecular complexity index is 982. The fourth-order valence-corrected chi connectivity index (χ4v) is 4.36. The average Bonchev–Trinajstić information content (AvgIpc) is 3.12. The van der Waals surface area contributed by atoms with E-state index in [0.717, 1.165) is 15.2 Å². The number of para-hydroxylation sites is 1. The van der Waals surface area contributed by atoms with Crippen LogP contribution < -0.4 is 0 Å². The van der Waals surface area contributed by atoms with E-state index in [1.165, 1.54) is 17.8 Å². The smallest absolute Gasteiger partial charge is 0.217 e. The molecule has 0 saturated heterocycles. The van der Waals surface area contributed by atoms with E-state index in [4.69, 9.17) is 0 Å². The van der Waals surface area contributed by atoms with Gasteiger partial charge in [0.05, 0.1) is 16.3 Å². The SMILES string of the molecule is O[C@H](CSc1nnc2sc3ccccc3n12)c1ccccc1F. The number of fused-ring (bicyclic) bond motifs is 3. The maximum atomic E-state index is 13.7. The molecule has 0 aliphatic carbocycles. The van der Waals surface area contributed by atoms with E-state index in [0.29, 0.717) is 16.5 Å². The number of thioether (sulfide) groups is 1. The Balaban J connectivity index is 1.62. The van der Waals surface area contributed by atoms with E-state index in [2.05, 4.69) is 10.2 Å². The summed E-state index contributed by atoms with van der Waals surface area (Å²) in [4.78, 5) is 0.814. The zero-order chi connectivity index (χ0) is 15.8. The third-order valence-electron chi connectivity index (χ3n) is 3.55. The van der Waals surface area contributed by atoms with Crippen LogP contribution in [0.5, 0.6) is 0 Å². The number of aliphatic hydroxyl groups is 1. The van der Waals surface area contributed by atoms with E-state index < -0.39 is 11.9 Å². The number of aliphatic hydroxyl groups excluding tert-OH is 1. The number of nitrogens with zero attached hydrogens (tertiary/aromatic N) is 3. The molecule has 2 heterocycles. The lowest BCUT2D eigenvalue weighted by molar-refractivity contribution is 0.199. The van der Waals surface area contributed by atoms with E-state index in [-0.39, 0.29) is 0 Å². The summed E-state index contributed by atoms with van der Waals surface area (Å²) in [6.07, 6.45) is -0.890. The van der Waals surface area contributed by atoms with Gasteiger partial charge in [0.1, 0.15) is 5.82 Å². The number of benzene rings is 2. The fourth-order valence-electron chi connectivity index (χ4n) is 2.44. The summed E-state index contributed by atoms with van der Waals surface area (Å²) in [6, 6.07) is 14.3. The Hall–Kier alpha value is -1.96. The van der Waals surface area contributed by atoms with Gasteiger partial charge in [0.25, 0.3) is 0 Å². The first-order valence-electron chi connectivity index (χ1n) is 7.02. The molecule has 4 nitrogen and oxygen atoms in total. The summed E-state index contributed by atoms with van der Waals surface area (Å²) in [5, 5.41) is 19.3. The van der Waals surface area contributed by atoms with Crippen LogP contribution in [0.3, 0.4) is 0 Å². The lowest BCUT2D eigenvalue weighted by Gasteiger charge is -2.10. The summed E-state index contributed by atoms with van der Waals surface area (Å²) in [7, 11) is 0. The van der Waals surface area contributed by atoms with Gasteiger partial charge in [-0.15, -0.1) is 10.2 Å². The minimum absolute atomic E-state index is 0.302. The van der Waals surface area contributed by atoms with Gasteiger partial charge in [0, 0.05) is 11.3 Å². The molecule has 4 aromatic rings. The number of halogens is 1. The minimum Gasteiger partial charge on any atom is -0.387 e. The van der Waals surface area contributed by atoms with Crippen LogP contribution in [-0.4, -0.2) is 25.5 Å². The molecule has 1 N–H and O–H groups in total. The quantitative estimate of drug-likeness (QED) is 0.570. The first-order valence-corrected chi connectivity index (χ1v) is 8.82. The predicted octanol–water partition coefficient (Wildman–Crippen LogP) is 3.91. The second kappa shape index (κ2) is 5.92. The zero-order valence-electron chi connectivity index (χ0n) is 11.9. The Kier molecular flexibility index (Phi) is 3.76. The van der Waals surface area contributed by atoms with Crippen molar-refractivity contribution in [2.75, 3.05) is 5.75 Å². The van der Waals surface area contributed by atoms with Gasteiger partial charge in [0.15, 0.2) is 5.16 Å². The van der Waals surface area contributed by atoms with Crippen molar-refractivity contribution in [2.45, 2.75) is 11.3 Å². The Morgan fingerprint density at radius 2 is 1.91 bits per heavy atom. The number of hydrogen-bond acceptors (Lipinski definition) is 5. The molecule has 0 fully saturated rings. The lowest BCUT2D eigenvalue weighted by atomic mass is 10.1. The van der Waals surface area contributed by atoms with E-state index in [9.17, 15) is 9.50 Å². The van der Waals surface area contributed by atoms with Gasteiger partial charge in [-0.3, -0.25) is 4.40 Å². The standard InChI is InChI=1S/C16H12FN3OS2/c17-11-6-2-1-5-10(11)13(21)9-22-15-18-19-16-20(15)12-7-3-4-8-14(12)23-16/h1-8,13,21H,9H2/t13-/m1/s1. The van der Waals surface area contributed by atoms with E-state index in [1.54, 1.807) is 29.5 Å². The molecular weight excluding hydrogens is 333 g/mol. The lowest BCUT2D eigenvalue weighted by Crippen LogP contribution is -2.03. The monoisotopic (exact) mass is 345 g/mol. The molecule has 0 saturated carbocycles. The Labute approximate surface area is 139 Å². The van der Waals surface area contributed by atoms with Crippen LogP contribution in [0, 0.1) is 5.82 Å². The predicted molar refractivity (Wildman–Crippen MR) is 90.5 cm³/mol. The molecule has 4 rings (SSSR count). The molecule has 0 aliphatic rings. The summed E-state index contributed by atoms with van der Waals surface area (Å²) in [5.41, 5.74) is 1.34. The maximum Gasteiger partial charge on any atom is 0.217 e. The molecule has 116 valence electrons. The number of thiazole rings is 1. The minimum atomic E-state index is -0.890. The third kappa shape index (κ3) is 2.60. The fraction of sp³-hybridized carbons (Fsp3) is 0.125. The third-order valence-corrected chi connectivity index (χ3v) is 5.56. The second-order valence-corrected chi connectivity index (χ2v) is 7.01. The van der Waals surface area contributed by atoms with E-state index >= 15 is 0 Å². The first-order chi connectivity index (χ1) is 11.2. The van der Waals surface area contributed by atoms with Crippen molar-refractivity contribution in [3.8, 4) is 0 Å². The van der Waals surface area contributed by atoms with Crippen molar-refractivity contribution in [3.05, 3.63) is 59.9 Å². The largest absolute Gasteiger partial charge is 0.387 e. The van der Waals surface area contributed by atoms with Crippen LogP contribution in [0.1, 0.15) is 11.7 Å². The topological polar surface area (TPSA) is 50.4 Å². The average molecular weight is 345 g/mol. The Morgan fingerprint density at radius 1 is 1.13 bits per heavy atom. The summed E-state index contributed by atoms with van der Waals surface area (Å²) in [5.74, 6) is -0.0840. The summed E-state index contributed by atoms with van der Waals surface area (Å²) in [6.45, 7) is 0. The molecule has 0 unspecified atom stereocenters. The van der Waals surface area contributed by atoms with Crippen LogP contribution in [-0.2, 0) is 0 Å². The Morgan fingerprint density at radius 3 is 2.78 bits per heavy atom. The molecule has 2 aromatic carbocycles. The van der Waals surface area contributed by atoms with Crippen molar-refractivity contribution in [1.82, 2.24) is 14.6 Å². The molecule has 0 radical (unpaired) electrons. The van der Waals surface area contributed by atoms with Gasteiger partial charge in [-0.1, -0.05) is 53.4 Å². The number of aromatic nitrogens is 3. The molecule has 0 bridgehead atoms. The van der Waals surface area contributed by atoms with E-state index in [1.807, 2.05) is 28.7 Å². The van der Waals surface area contributed by atoms with Crippen molar-refractivity contribution < 1.29 is 9.50 Å². The van der Waals surface area contributed by atoms with Gasteiger partial charge in [-0.25, -0.2) is 4.39 Å². The van der Waals surface area contributed by atoms with Crippen LogP contribution in [0.25, 0.3) is 15.2 Å². The summed E-state index contributed by atoms with van der Waals surface area (Å²) >= 11 is 2.94. The van der Waals surface area contributed by atoms with Gasteiger partial charge in [-0.05, 0) is 18.2 Å². The van der Waals surface area contributed by atoms with Crippen molar-refractivity contribution in [1.29, 1.82) is 0 Å². The highest BCUT2D eigenvalue weighted by molar-refractivity contribution is 7.99. The highest BCUT2D eigenvalue weighted by Gasteiger charge is 2.16. The van der Waals surface area contributed by atoms with Crippen molar-refractivity contribution in [2.24, 2.45) is 0 Å². The molecule has 7 heteroatoms. The molecule has 1 atom stereocenters. The van der Waals surface area contributed by atoms with Crippen molar-refractivity contribution in [3.63, 3.8) is 0 Å². The molecule has 2 aromatic heterocycles. The van der Waals surface area contributed by atoms with Crippen LogP contribution in [0.15, 0.2) is 53.7 Å². The van der Waals surface area contributed by atoms with Crippen LogP contribution in [0.2, 0.25) is 0 Å².